The molecule has 1 aliphatic heterocycles. The van der Waals surface area contributed by atoms with Crippen LogP contribution in [0.1, 0.15) is 11.1 Å². The molecule has 0 atom stereocenters. The first-order chi connectivity index (χ1) is 13.7. The fraction of sp³-hybridized carbons (Fsp3) is 0.350. The van der Waals surface area contributed by atoms with Crippen molar-refractivity contribution < 1.29 is 4.74 Å². The van der Waals surface area contributed by atoms with Crippen LogP contribution in [0.25, 0.3) is 11.2 Å². The summed E-state index contributed by atoms with van der Waals surface area (Å²) >= 11 is 0. The molecule has 8 nitrogen and oxygen atoms in total. The molecular formula is C20H25N7O. The van der Waals surface area contributed by atoms with Crippen LogP contribution in [0.5, 0.6) is 0 Å². The van der Waals surface area contributed by atoms with E-state index in [1.54, 1.807) is 13.4 Å². The van der Waals surface area contributed by atoms with Gasteiger partial charge in [0.1, 0.15) is 17.2 Å². The van der Waals surface area contributed by atoms with Crippen molar-refractivity contribution in [2.24, 2.45) is 12.0 Å². The van der Waals surface area contributed by atoms with Gasteiger partial charge in [0.2, 0.25) is 0 Å². The molecule has 0 amide bonds. The number of pyridine rings is 1. The van der Waals surface area contributed by atoms with E-state index < -0.39 is 0 Å². The maximum absolute atomic E-state index is 5.49. The number of morpholine rings is 1. The fourth-order valence-electron chi connectivity index (χ4n) is 3.36. The molecule has 4 rings (SSSR count). The molecular weight excluding hydrogens is 354 g/mol. The van der Waals surface area contributed by atoms with Gasteiger partial charge >= 0.3 is 0 Å². The molecule has 0 unspecified atom stereocenters. The van der Waals surface area contributed by atoms with Crippen molar-refractivity contribution in [2.45, 2.75) is 6.92 Å². The largest absolute Gasteiger partial charge is 0.378 e. The first-order valence-corrected chi connectivity index (χ1v) is 9.36. The van der Waals surface area contributed by atoms with Crippen LogP contribution in [-0.4, -0.2) is 53.7 Å². The molecule has 0 radical (unpaired) electrons. The van der Waals surface area contributed by atoms with Crippen molar-refractivity contribution >= 4 is 28.5 Å². The molecule has 28 heavy (non-hydrogen) atoms. The highest BCUT2D eigenvalue weighted by atomic mass is 16.5. The lowest BCUT2D eigenvalue weighted by Gasteiger charge is -2.29. The maximum Gasteiger partial charge on any atom is 0.164 e. The summed E-state index contributed by atoms with van der Waals surface area (Å²) in [4.78, 5) is 15.9. The zero-order chi connectivity index (χ0) is 19.5. The van der Waals surface area contributed by atoms with Gasteiger partial charge < -0.3 is 14.2 Å². The lowest BCUT2D eigenvalue weighted by Crippen LogP contribution is -2.36. The van der Waals surface area contributed by atoms with E-state index in [1.165, 1.54) is 5.56 Å². The predicted molar refractivity (Wildman–Crippen MR) is 112 cm³/mol. The summed E-state index contributed by atoms with van der Waals surface area (Å²) in [5.41, 5.74) is 11.4. The Morgan fingerprint density at radius 2 is 2.04 bits per heavy atom. The van der Waals surface area contributed by atoms with Crippen LogP contribution in [0.4, 0.5) is 11.5 Å². The Balaban J connectivity index is 1.62. The maximum atomic E-state index is 5.49. The minimum atomic E-state index is 0.714. The smallest absolute Gasteiger partial charge is 0.164 e. The Bertz CT molecular complexity index is 1000. The molecule has 0 bridgehead atoms. The quantitative estimate of drug-likeness (QED) is 0.411. The molecule has 0 spiro atoms. The van der Waals surface area contributed by atoms with E-state index in [9.17, 15) is 0 Å². The predicted octanol–water partition coefficient (Wildman–Crippen LogP) is 2.11. The first-order valence-electron chi connectivity index (χ1n) is 9.36. The van der Waals surface area contributed by atoms with E-state index in [4.69, 9.17) is 9.72 Å². The minimum absolute atomic E-state index is 0.714. The van der Waals surface area contributed by atoms with Crippen molar-refractivity contribution in [1.29, 1.82) is 0 Å². The number of benzene rings is 1. The number of anilines is 2. The lowest BCUT2D eigenvalue weighted by molar-refractivity contribution is 0.123. The topological polar surface area (TPSA) is 79.6 Å². The molecule has 1 aromatic carbocycles. The van der Waals surface area contributed by atoms with Gasteiger partial charge in [0, 0.05) is 38.8 Å². The van der Waals surface area contributed by atoms with E-state index in [0.29, 0.717) is 5.82 Å². The molecule has 2 N–H and O–H groups in total. The number of nitrogens with zero attached hydrogens (tertiary/aromatic N) is 5. The van der Waals surface area contributed by atoms with Gasteiger partial charge in [-0.15, -0.1) is 0 Å². The fourth-order valence-corrected chi connectivity index (χ4v) is 3.36. The normalized spacial score (nSPS) is 15.1. The third-order valence-electron chi connectivity index (χ3n) is 4.82. The number of nitrogens with one attached hydrogen (secondary N) is 2. The number of ether oxygens (including phenoxy) is 1. The second kappa shape index (κ2) is 7.85. The number of amidine groups is 1. The van der Waals surface area contributed by atoms with Crippen molar-refractivity contribution in [3.05, 3.63) is 47.8 Å². The molecule has 1 aliphatic rings. The Hall–Kier alpha value is -3.13. The number of hydrogen-bond donors (Lipinski definition) is 2. The summed E-state index contributed by atoms with van der Waals surface area (Å²) in [6, 6.07) is 10.2. The summed E-state index contributed by atoms with van der Waals surface area (Å²) in [5.74, 6) is 1.47. The van der Waals surface area contributed by atoms with Crippen LogP contribution < -0.4 is 15.8 Å². The Labute approximate surface area is 164 Å². The van der Waals surface area contributed by atoms with Crippen molar-refractivity contribution in [2.75, 3.05) is 43.7 Å². The van der Waals surface area contributed by atoms with Gasteiger partial charge in [-0.05, 0) is 13.0 Å². The van der Waals surface area contributed by atoms with Gasteiger partial charge in [-0.1, -0.05) is 23.8 Å². The number of aliphatic imine (C=N–C) groups is 1. The molecule has 1 saturated heterocycles. The Morgan fingerprint density at radius 3 is 2.79 bits per heavy atom. The third-order valence-corrected chi connectivity index (χ3v) is 4.82. The van der Waals surface area contributed by atoms with Gasteiger partial charge in [0.05, 0.1) is 25.2 Å². The number of hydrogen-bond acceptors (Lipinski definition) is 6. The summed E-state index contributed by atoms with van der Waals surface area (Å²) < 4.78 is 7.42. The van der Waals surface area contributed by atoms with E-state index in [1.807, 2.05) is 29.8 Å². The molecule has 2 aromatic heterocycles. The zero-order valence-electron chi connectivity index (χ0n) is 16.4. The number of aryl methyl sites for hydroxylation is 2. The molecule has 3 aromatic rings. The highest BCUT2D eigenvalue weighted by Gasteiger charge is 2.18. The lowest BCUT2D eigenvalue weighted by atomic mass is 10.1. The average molecular weight is 379 g/mol. The molecule has 1 fully saturated rings. The van der Waals surface area contributed by atoms with Crippen LogP contribution in [0.2, 0.25) is 0 Å². The number of rotatable bonds is 4. The molecule has 3 heterocycles. The van der Waals surface area contributed by atoms with Gasteiger partial charge in [-0.25, -0.2) is 9.97 Å². The van der Waals surface area contributed by atoms with Crippen molar-refractivity contribution in [1.82, 2.24) is 20.0 Å². The van der Waals surface area contributed by atoms with Crippen LogP contribution in [-0.2, 0) is 11.8 Å². The minimum Gasteiger partial charge on any atom is -0.378 e. The number of aromatic nitrogens is 3. The van der Waals surface area contributed by atoms with Crippen molar-refractivity contribution in [3.63, 3.8) is 0 Å². The summed E-state index contributed by atoms with van der Waals surface area (Å²) in [6.45, 7) is 5.19. The van der Waals surface area contributed by atoms with Gasteiger partial charge in [-0.2, -0.15) is 0 Å². The molecule has 0 saturated carbocycles. The van der Waals surface area contributed by atoms with Crippen LogP contribution >= 0.6 is 0 Å². The highest BCUT2D eigenvalue weighted by molar-refractivity contribution is 5.99. The zero-order valence-corrected chi connectivity index (χ0v) is 16.4. The van der Waals surface area contributed by atoms with Gasteiger partial charge in [0.25, 0.3) is 0 Å². The van der Waals surface area contributed by atoms with Crippen LogP contribution in [0.3, 0.4) is 0 Å². The molecule has 0 aliphatic carbocycles. The average Bonchev–Trinajstić information content (AvgIpc) is 3.09. The van der Waals surface area contributed by atoms with Gasteiger partial charge in [-0.3, -0.25) is 15.8 Å². The molecule has 8 heteroatoms. The van der Waals surface area contributed by atoms with Crippen LogP contribution in [0, 0.1) is 6.92 Å². The first kappa shape index (κ1) is 18.2. The summed E-state index contributed by atoms with van der Waals surface area (Å²) in [5, 5.41) is 0. The second-order valence-corrected chi connectivity index (χ2v) is 6.85. The van der Waals surface area contributed by atoms with Gasteiger partial charge in [0.15, 0.2) is 5.65 Å². The number of hydrazine groups is 1. The Morgan fingerprint density at radius 1 is 1.21 bits per heavy atom. The summed E-state index contributed by atoms with van der Waals surface area (Å²) in [6.07, 6.45) is 1.80. The molecule has 146 valence electrons. The van der Waals surface area contributed by atoms with E-state index in [-0.39, 0.29) is 0 Å². The van der Waals surface area contributed by atoms with E-state index in [2.05, 4.69) is 44.8 Å². The van der Waals surface area contributed by atoms with E-state index in [0.717, 1.165) is 54.6 Å². The van der Waals surface area contributed by atoms with Crippen LogP contribution in [0.15, 0.2) is 41.7 Å². The number of fused-ring (bicyclic) bond motifs is 1. The summed E-state index contributed by atoms with van der Waals surface area (Å²) in [7, 11) is 3.72. The number of imidazole rings is 1. The van der Waals surface area contributed by atoms with E-state index >= 15 is 0 Å². The standard InChI is InChI=1S/C20H25N7O/c1-14-5-4-6-15(11-14)19(21-2)25-24-17-12-16(27-7-9-28-10-8-27)18-20(23-17)26(3)13-22-18/h4-6,11-13H,7-10H2,1-3H3,(H,21,25)(H,23,24). The highest BCUT2D eigenvalue weighted by Crippen LogP contribution is 2.27. The SMILES string of the molecule is CN=C(NNc1cc(N2CCOCC2)c2ncn(C)c2n1)c1cccc(C)c1. The third kappa shape index (κ3) is 3.63. The monoisotopic (exact) mass is 379 g/mol. The second-order valence-electron chi connectivity index (χ2n) is 6.85. The Kier molecular flexibility index (Phi) is 5.12. The van der Waals surface area contributed by atoms with Crippen molar-refractivity contribution in [3.8, 4) is 0 Å².